The Balaban J connectivity index is 0.00000529. The Morgan fingerprint density at radius 1 is 1.33 bits per heavy atom. The Labute approximate surface area is 169 Å². The molecule has 2 atom stereocenters. The molecule has 8 heteroatoms. The Morgan fingerprint density at radius 3 is 2.50 bits per heavy atom. The summed E-state index contributed by atoms with van der Waals surface area (Å²) in [5, 5.41) is 20.7. The number of halogens is 1. The molecule has 0 aliphatic rings. The van der Waals surface area contributed by atoms with Gasteiger partial charge in [-0.2, -0.15) is 11.3 Å². The SMILES string of the molecule is CCNC(=NCC(C)(O)c1ccsc1)NCCS(=O)C(C)(C)C.I. The maximum atomic E-state index is 12.0. The fourth-order valence-corrected chi connectivity index (χ4v) is 3.49. The zero-order valence-electron chi connectivity index (χ0n) is 15.1. The third-order valence-corrected chi connectivity index (χ3v) is 5.92. The summed E-state index contributed by atoms with van der Waals surface area (Å²) in [6, 6.07) is 1.91. The average Bonchev–Trinajstić information content (AvgIpc) is 2.98. The van der Waals surface area contributed by atoms with Crippen LogP contribution in [0.2, 0.25) is 0 Å². The van der Waals surface area contributed by atoms with Gasteiger partial charge in [-0.25, -0.2) is 4.99 Å². The minimum Gasteiger partial charge on any atom is -0.383 e. The maximum Gasteiger partial charge on any atom is 0.191 e. The fourth-order valence-electron chi connectivity index (χ4n) is 1.81. The summed E-state index contributed by atoms with van der Waals surface area (Å²) < 4.78 is 11.8. The number of rotatable bonds is 7. The van der Waals surface area contributed by atoms with Crippen LogP contribution in [0.3, 0.4) is 0 Å². The van der Waals surface area contributed by atoms with Gasteiger partial charge in [-0.15, -0.1) is 24.0 Å². The lowest BCUT2D eigenvalue weighted by Crippen LogP contribution is -2.41. The van der Waals surface area contributed by atoms with Crippen LogP contribution < -0.4 is 10.6 Å². The van der Waals surface area contributed by atoms with E-state index < -0.39 is 16.4 Å². The standard InChI is InChI=1S/C16H29N3O2S2.HI/c1-6-17-14(18-8-10-23(21)15(2,3)4)19-12-16(5,20)13-7-9-22-11-13;/h7,9,11,20H,6,8,10,12H2,1-5H3,(H2,17,18,19);1H. The highest BCUT2D eigenvalue weighted by atomic mass is 127. The third kappa shape index (κ3) is 8.26. The normalized spacial score (nSPS) is 16.0. The van der Waals surface area contributed by atoms with Crippen molar-refractivity contribution in [2.45, 2.75) is 45.0 Å². The van der Waals surface area contributed by atoms with Gasteiger partial charge in [-0.1, -0.05) is 0 Å². The van der Waals surface area contributed by atoms with Gasteiger partial charge in [0.2, 0.25) is 0 Å². The van der Waals surface area contributed by atoms with Gasteiger partial charge in [0.05, 0.1) is 6.54 Å². The van der Waals surface area contributed by atoms with E-state index in [1.807, 2.05) is 44.5 Å². The molecule has 1 aromatic rings. The van der Waals surface area contributed by atoms with Crippen molar-refractivity contribution in [1.29, 1.82) is 0 Å². The third-order valence-electron chi connectivity index (χ3n) is 3.30. The lowest BCUT2D eigenvalue weighted by atomic mass is 10.00. The molecule has 0 amide bonds. The van der Waals surface area contributed by atoms with Crippen molar-refractivity contribution in [3.05, 3.63) is 22.4 Å². The van der Waals surface area contributed by atoms with Gasteiger partial charge < -0.3 is 15.7 Å². The van der Waals surface area contributed by atoms with E-state index in [4.69, 9.17) is 0 Å². The highest BCUT2D eigenvalue weighted by molar-refractivity contribution is 14.0. The molecule has 0 aromatic carbocycles. The molecule has 0 bridgehead atoms. The number of aliphatic hydroxyl groups is 1. The van der Waals surface area contributed by atoms with Gasteiger partial charge >= 0.3 is 0 Å². The molecular formula is C16H30IN3O2S2. The molecule has 1 rings (SSSR count). The minimum atomic E-state index is -0.990. The second-order valence-electron chi connectivity index (χ2n) is 6.57. The molecule has 140 valence electrons. The van der Waals surface area contributed by atoms with Gasteiger partial charge in [-0.3, -0.25) is 4.21 Å². The van der Waals surface area contributed by atoms with Gasteiger partial charge in [-0.05, 0) is 57.0 Å². The van der Waals surface area contributed by atoms with Crippen molar-refractivity contribution in [2.75, 3.05) is 25.4 Å². The largest absolute Gasteiger partial charge is 0.383 e. The Hall–Kier alpha value is -0.190. The molecular weight excluding hydrogens is 457 g/mol. The van der Waals surface area contributed by atoms with E-state index in [2.05, 4.69) is 15.6 Å². The predicted molar refractivity (Wildman–Crippen MR) is 116 cm³/mol. The Kier molecular flexibility index (Phi) is 10.6. The number of aliphatic imine (C=N–C) groups is 1. The fraction of sp³-hybridized carbons (Fsp3) is 0.688. The number of hydrogen-bond donors (Lipinski definition) is 3. The molecule has 1 aromatic heterocycles. The number of hydrogen-bond acceptors (Lipinski definition) is 4. The van der Waals surface area contributed by atoms with E-state index in [-0.39, 0.29) is 35.3 Å². The van der Waals surface area contributed by atoms with Crippen molar-refractivity contribution in [3.8, 4) is 0 Å². The summed E-state index contributed by atoms with van der Waals surface area (Å²) in [7, 11) is -0.896. The monoisotopic (exact) mass is 487 g/mol. The molecule has 0 aliphatic heterocycles. The van der Waals surface area contributed by atoms with Crippen molar-refractivity contribution in [2.24, 2.45) is 4.99 Å². The molecule has 2 unspecified atom stereocenters. The Morgan fingerprint density at radius 2 is 2.00 bits per heavy atom. The first-order valence-electron chi connectivity index (χ1n) is 7.82. The first-order valence-corrected chi connectivity index (χ1v) is 10.1. The van der Waals surface area contributed by atoms with Gasteiger partial charge in [0.25, 0.3) is 0 Å². The zero-order chi connectivity index (χ0) is 17.5. The average molecular weight is 487 g/mol. The highest BCUT2D eigenvalue weighted by Crippen LogP contribution is 2.23. The number of nitrogens with one attached hydrogen (secondary N) is 2. The van der Waals surface area contributed by atoms with Crippen LogP contribution in [-0.4, -0.2) is 45.4 Å². The molecule has 0 saturated carbocycles. The highest BCUT2D eigenvalue weighted by Gasteiger charge is 2.23. The molecule has 5 nitrogen and oxygen atoms in total. The summed E-state index contributed by atoms with van der Waals surface area (Å²) in [5.41, 5.74) is -0.118. The molecule has 3 N–H and O–H groups in total. The Bertz CT molecular complexity index is 526. The first kappa shape index (κ1) is 23.8. The minimum absolute atomic E-state index is 0. The van der Waals surface area contributed by atoms with E-state index >= 15 is 0 Å². The summed E-state index contributed by atoms with van der Waals surface area (Å²) in [6.45, 7) is 11.2. The van der Waals surface area contributed by atoms with Crippen molar-refractivity contribution >= 4 is 52.1 Å². The van der Waals surface area contributed by atoms with Crippen LogP contribution in [0.4, 0.5) is 0 Å². The van der Waals surface area contributed by atoms with Gasteiger partial charge in [0.1, 0.15) is 5.60 Å². The number of thiophene rings is 1. The summed E-state index contributed by atoms with van der Waals surface area (Å²) in [4.78, 5) is 4.45. The second-order valence-corrected chi connectivity index (χ2v) is 9.67. The van der Waals surface area contributed by atoms with E-state index in [1.54, 1.807) is 18.3 Å². The van der Waals surface area contributed by atoms with Crippen molar-refractivity contribution in [1.82, 2.24) is 10.6 Å². The summed E-state index contributed by atoms with van der Waals surface area (Å²) >= 11 is 1.56. The first-order chi connectivity index (χ1) is 10.7. The number of guanidine groups is 1. The molecule has 1 heterocycles. The molecule has 0 aliphatic carbocycles. The van der Waals surface area contributed by atoms with E-state index in [0.29, 0.717) is 18.3 Å². The number of nitrogens with zero attached hydrogens (tertiary/aromatic N) is 1. The second kappa shape index (κ2) is 10.7. The smallest absolute Gasteiger partial charge is 0.191 e. The summed E-state index contributed by atoms with van der Waals surface area (Å²) in [5.74, 6) is 1.20. The molecule has 0 radical (unpaired) electrons. The zero-order valence-corrected chi connectivity index (χ0v) is 19.1. The molecule has 0 spiro atoms. The van der Waals surface area contributed by atoms with E-state index in [0.717, 1.165) is 12.1 Å². The van der Waals surface area contributed by atoms with Crippen LogP contribution in [0.15, 0.2) is 21.8 Å². The van der Waals surface area contributed by atoms with Crippen LogP contribution >= 0.6 is 35.3 Å². The van der Waals surface area contributed by atoms with Crippen LogP contribution in [0.5, 0.6) is 0 Å². The lowest BCUT2D eigenvalue weighted by molar-refractivity contribution is 0.0677. The van der Waals surface area contributed by atoms with E-state index in [9.17, 15) is 9.32 Å². The molecule has 0 saturated heterocycles. The van der Waals surface area contributed by atoms with Crippen LogP contribution in [-0.2, 0) is 16.4 Å². The van der Waals surface area contributed by atoms with Crippen LogP contribution in [0, 0.1) is 0 Å². The van der Waals surface area contributed by atoms with Gasteiger partial charge in [0.15, 0.2) is 5.96 Å². The topological polar surface area (TPSA) is 73.7 Å². The van der Waals surface area contributed by atoms with Crippen molar-refractivity contribution < 1.29 is 9.32 Å². The molecule has 0 fully saturated rings. The lowest BCUT2D eigenvalue weighted by Gasteiger charge is -2.21. The van der Waals surface area contributed by atoms with Crippen LogP contribution in [0.1, 0.15) is 40.2 Å². The van der Waals surface area contributed by atoms with Crippen LogP contribution in [0.25, 0.3) is 0 Å². The van der Waals surface area contributed by atoms with Crippen molar-refractivity contribution in [3.63, 3.8) is 0 Å². The maximum absolute atomic E-state index is 12.0. The molecule has 24 heavy (non-hydrogen) atoms. The van der Waals surface area contributed by atoms with Gasteiger partial charge in [0, 0.05) is 34.4 Å². The quantitative estimate of drug-likeness (QED) is 0.314. The summed E-state index contributed by atoms with van der Waals surface area (Å²) in [6.07, 6.45) is 0. The predicted octanol–water partition coefficient (Wildman–Crippen LogP) is 2.68. The van der Waals surface area contributed by atoms with E-state index in [1.165, 1.54) is 0 Å².